The van der Waals surface area contributed by atoms with Gasteiger partial charge in [-0.2, -0.15) is 0 Å². The Labute approximate surface area is 119 Å². The fraction of sp³-hybridized carbons (Fsp3) is 0.385. The van der Waals surface area contributed by atoms with Crippen molar-refractivity contribution in [2.24, 2.45) is 5.41 Å². The van der Waals surface area contributed by atoms with Gasteiger partial charge in [0.2, 0.25) is 0 Å². The highest BCUT2D eigenvalue weighted by molar-refractivity contribution is 9.10. The molecule has 1 rings (SSSR count). The van der Waals surface area contributed by atoms with Crippen LogP contribution < -0.4 is 5.32 Å². The number of halogens is 2. The van der Waals surface area contributed by atoms with E-state index in [9.17, 15) is 14.0 Å². The van der Waals surface area contributed by atoms with E-state index in [0.717, 1.165) is 6.07 Å². The van der Waals surface area contributed by atoms with Crippen LogP contribution in [0.2, 0.25) is 0 Å². The monoisotopic (exact) mass is 331 g/mol. The second-order valence-electron chi connectivity index (χ2n) is 5.23. The summed E-state index contributed by atoms with van der Waals surface area (Å²) in [5, 5.41) is 11.5. The fourth-order valence-corrected chi connectivity index (χ4v) is 1.89. The normalized spacial score (nSPS) is 12.9. The molecular weight excluding hydrogens is 317 g/mol. The Morgan fingerprint density at radius 2 is 1.95 bits per heavy atom. The summed E-state index contributed by atoms with van der Waals surface area (Å²) in [6.45, 7) is 5.05. The van der Waals surface area contributed by atoms with Crippen LogP contribution in [0.25, 0.3) is 0 Å². The van der Waals surface area contributed by atoms with Crippen molar-refractivity contribution in [1.82, 2.24) is 5.32 Å². The van der Waals surface area contributed by atoms with Gasteiger partial charge in [-0.05, 0) is 23.6 Å². The maximum atomic E-state index is 13.5. The van der Waals surface area contributed by atoms with Crippen molar-refractivity contribution >= 4 is 27.8 Å². The van der Waals surface area contributed by atoms with Crippen molar-refractivity contribution < 1.29 is 19.1 Å². The molecule has 0 saturated carbocycles. The van der Waals surface area contributed by atoms with Gasteiger partial charge in [0.05, 0.1) is 5.56 Å². The van der Waals surface area contributed by atoms with Crippen LogP contribution in [0.4, 0.5) is 4.39 Å². The SMILES string of the molecule is CC(C)(C)[C@H](NC(=O)c1cc(Br)ccc1F)C(=O)O. The molecule has 1 amide bonds. The lowest BCUT2D eigenvalue weighted by Gasteiger charge is -2.27. The molecule has 6 heteroatoms. The molecule has 1 aromatic rings. The average Bonchev–Trinajstić information content (AvgIpc) is 2.26. The van der Waals surface area contributed by atoms with Crippen LogP contribution in [0.1, 0.15) is 31.1 Å². The third-order valence-corrected chi connectivity index (χ3v) is 3.05. The van der Waals surface area contributed by atoms with Crippen LogP contribution in [0, 0.1) is 11.2 Å². The van der Waals surface area contributed by atoms with Gasteiger partial charge >= 0.3 is 5.97 Å². The molecule has 1 aromatic carbocycles. The molecule has 0 aliphatic heterocycles. The third-order valence-electron chi connectivity index (χ3n) is 2.56. The minimum absolute atomic E-state index is 0.190. The van der Waals surface area contributed by atoms with E-state index >= 15 is 0 Å². The Kier molecular flexibility index (Phi) is 4.68. The lowest BCUT2D eigenvalue weighted by atomic mass is 9.86. The lowest BCUT2D eigenvalue weighted by molar-refractivity contribution is -0.142. The molecule has 4 nitrogen and oxygen atoms in total. The number of aliphatic carboxylic acids is 1. The molecule has 0 aliphatic rings. The van der Waals surface area contributed by atoms with Gasteiger partial charge in [-0.1, -0.05) is 36.7 Å². The number of hydrogen-bond donors (Lipinski definition) is 2. The van der Waals surface area contributed by atoms with Gasteiger partial charge in [0.1, 0.15) is 11.9 Å². The Morgan fingerprint density at radius 1 is 1.37 bits per heavy atom. The molecule has 0 fully saturated rings. The molecule has 0 heterocycles. The van der Waals surface area contributed by atoms with Gasteiger partial charge in [-0.3, -0.25) is 4.79 Å². The second kappa shape index (κ2) is 5.69. The van der Waals surface area contributed by atoms with Crippen LogP contribution >= 0.6 is 15.9 Å². The quantitative estimate of drug-likeness (QED) is 0.894. The van der Waals surface area contributed by atoms with Gasteiger partial charge < -0.3 is 10.4 Å². The van der Waals surface area contributed by atoms with E-state index in [0.29, 0.717) is 4.47 Å². The van der Waals surface area contributed by atoms with Crippen LogP contribution in [0.3, 0.4) is 0 Å². The predicted octanol–water partition coefficient (Wildman–Crippen LogP) is 2.82. The molecule has 104 valence electrons. The van der Waals surface area contributed by atoms with E-state index in [4.69, 9.17) is 5.11 Å². The first-order chi connectivity index (χ1) is 8.62. The van der Waals surface area contributed by atoms with Crippen molar-refractivity contribution in [1.29, 1.82) is 0 Å². The van der Waals surface area contributed by atoms with Gasteiger partial charge in [0, 0.05) is 4.47 Å². The number of nitrogens with one attached hydrogen (secondary N) is 1. The number of benzene rings is 1. The van der Waals surface area contributed by atoms with E-state index in [-0.39, 0.29) is 5.56 Å². The topological polar surface area (TPSA) is 66.4 Å². The number of carboxylic acid groups (broad SMARTS) is 1. The fourth-order valence-electron chi connectivity index (χ4n) is 1.53. The highest BCUT2D eigenvalue weighted by atomic mass is 79.9. The molecular formula is C13H15BrFNO3. The Bertz CT molecular complexity index is 511. The Hall–Kier alpha value is -1.43. The summed E-state index contributed by atoms with van der Waals surface area (Å²) in [5.41, 5.74) is -0.867. The summed E-state index contributed by atoms with van der Waals surface area (Å²) in [4.78, 5) is 23.1. The summed E-state index contributed by atoms with van der Waals surface area (Å²) in [6.07, 6.45) is 0. The van der Waals surface area contributed by atoms with Crippen LogP contribution in [-0.2, 0) is 4.79 Å². The number of amides is 1. The number of carbonyl (C=O) groups excluding carboxylic acids is 1. The highest BCUT2D eigenvalue weighted by Gasteiger charge is 2.33. The molecule has 0 radical (unpaired) electrons. The zero-order chi connectivity index (χ0) is 14.8. The van der Waals surface area contributed by atoms with Gasteiger partial charge in [0.15, 0.2) is 0 Å². The summed E-state index contributed by atoms with van der Waals surface area (Å²) in [5.74, 6) is -2.60. The standard InChI is InChI=1S/C13H15BrFNO3/c1-13(2,3)10(12(18)19)16-11(17)8-6-7(14)4-5-9(8)15/h4-6,10H,1-3H3,(H,16,17)(H,18,19)/t10-/m1/s1. The maximum absolute atomic E-state index is 13.5. The van der Waals surface area contributed by atoms with E-state index in [2.05, 4.69) is 21.2 Å². The predicted molar refractivity (Wildman–Crippen MR) is 72.4 cm³/mol. The minimum atomic E-state index is -1.16. The minimum Gasteiger partial charge on any atom is -0.480 e. The van der Waals surface area contributed by atoms with Crippen LogP contribution in [0.5, 0.6) is 0 Å². The molecule has 0 bridgehead atoms. The van der Waals surface area contributed by atoms with Gasteiger partial charge in [-0.15, -0.1) is 0 Å². The smallest absolute Gasteiger partial charge is 0.326 e. The summed E-state index contributed by atoms with van der Waals surface area (Å²) in [7, 11) is 0. The molecule has 0 aliphatic carbocycles. The highest BCUT2D eigenvalue weighted by Crippen LogP contribution is 2.21. The lowest BCUT2D eigenvalue weighted by Crippen LogP contribution is -2.49. The number of carbonyl (C=O) groups is 2. The third kappa shape index (κ3) is 4.02. The van der Waals surface area contributed by atoms with Crippen LogP contribution in [-0.4, -0.2) is 23.0 Å². The summed E-state index contributed by atoms with van der Waals surface area (Å²) in [6, 6.07) is 2.82. The Morgan fingerprint density at radius 3 is 2.42 bits per heavy atom. The largest absolute Gasteiger partial charge is 0.480 e. The van der Waals surface area contributed by atoms with Gasteiger partial charge in [0.25, 0.3) is 5.91 Å². The second-order valence-corrected chi connectivity index (χ2v) is 6.15. The van der Waals surface area contributed by atoms with Gasteiger partial charge in [-0.25, -0.2) is 9.18 Å². The van der Waals surface area contributed by atoms with Crippen molar-refractivity contribution in [2.45, 2.75) is 26.8 Å². The number of hydrogen-bond acceptors (Lipinski definition) is 2. The molecule has 19 heavy (non-hydrogen) atoms. The first-order valence-corrected chi connectivity index (χ1v) is 6.41. The number of carboxylic acids is 1. The Balaban J connectivity index is 3.01. The van der Waals surface area contributed by atoms with Crippen LogP contribution in [0.15, 0.2) is 22.7 Å². The zero-order valence-electron chi connectivity index (χ0n) is 10.8. The molecule has 0 unspecified atom stereocenters. The maximum Gasteiger partial charge on any atom is 0.326 e. The average molecular weight is 332 g/mol. The molecule has 0 aromatic heterocycles. The van der Waals surface area contributed by atoms with Crippen molar-refractivity contribution in [3.8, 4) is 0 Å². The molecule has 1 atom stereocenters. The summed E-state index contributed by atoms with van der Waals surface area (Å²) < 4.78 is 14.1. The summed E-state index contributed by atoms with van der Waals surface area (Å²) >= 11 is 3.14. The van der Waals surface area contributed by atoms with Crippen molar-refractivity contribution in [3.05, 3.63) is 34.1 Å². The zero-order valence-corrected chi connectivity index (χ0v) is 12.4. The van der Waals surface area contributed by atoms with Crippen molar-refractivity contribution in [3.63, 3.8) is 0 Å². The molecule has 2 N–H and O–H groups in total. The molecule has 0 spiro atoms. The van der Waals surface area contributed by atoms with E-state index in [1.165, 1.54) is 12.1 Å². The number of rotatable bonds is 3. The first kappa shape index (κ1) is 15.6. The van der Waals surface area contributed by atoms with E-state index < -0.39 is 29.2 Å². The molecule has 0 saturated heterocycles. The first-order valence-electron chi connectivity index (χ1n) is 5.61. The van der Waals surface area contributed by atoms with E-state index in [1.807, 2.05) is 0 Å². The van der Waals surface area contributed by atoms with Crippen molar-refractivity contribution in [2.75, 3.05) is 0 Å². The van der Waals surface area contributed by atoms with E-state index in [1.54, 1.807) is 20.8 Å².